The first kappa shape index (κ1) is 15.0. The number of rotatable bonds is 7. The molecule has 4 heteroatoms. The molecule has 2 aliphatic carbocycles. The SMILES string of the molecule is CC(C)C(CCN)CCc1nc(C2CC3CCC2C3)no1. The molecule has 2 N–H and O–H groups in total. The molecule has 0 radical (unpaired) electrons. The number of aryl methyl sites for hydroxylation is 1. The molecule has 2 bridgehead atoms. The number of nitrogens with zero attached hydrogens (tertiary/aromatic N) is 2. The lowest BCUT2D eigenvalue weighted by atomic mass is 9.88. The van der Waals surface area contributed by atoms with Crippen LogP contribution < -0.4 is 5.73 Å². The Bertz CT molecular complexity index is 457. The molecule has 1 aromatic rings. The Labute approximate surface area is 127 Å². The maximum Gasteiger partial charge on any atom is 0.226 e. The van der Waals surface area contributed by atoms with E-state index in [0.29, 0.717) is 17.8 Å². The Morgan fingerprint density at radius 3 is 2.71 bits per heavy atom. The summed E-state index contributed by atoms with van der Waals surface area (Å²) in [6, 6.07) is 0. The van der Waals surface area contributed by atoms with E-state index in [9.17, 15) is 0 Å². The van der Waals surface area contributed by atoms with Gasteiger partial charge >= 0.3 is 0 Å². The number of fused-ring (bicyclic) bond motifs is 2. The van der Waals surface area contributed by atoms with Crippen molar-refractivity contribution in [1.82, 2.24) is 10.1 Å². The minimum absolute atomic E-state index is 0.575. The van der Waals surface area contributed by atoms with Gasteiger partial charge in [-0.15, -0.1) is 0 Å². The van der Waals surface area contributed by atoms with E-state index in [4.69, 9.17) is 15.2 Å². The standard InChI is InChI=1S/C17H29N3O/c1-11(2)13(7-8-18)5-6-16-19-17(20-21-16)15-10-12-3-4-14(15)9-12/h11-15H,3-10,18H2,1-2H3. The van der Waals surface area contributed by atoms with Crippen LogP contribution in [-0.4, -0.2) is 16.7 Å². The lowest BCUT2D eigenvalue weighted by molar-refractivity contribution is 0.310. The van der Waals surface area contributed by atoms with Crippen molar-refractivity contribution >= 4 is 0 Å². The van der Waals surface area contributed by atoms with Gasteiger partial charge in [0.05, 0.1) is 0 Å². The third kappa shape index (κ3) is 3.31. The lowest BCUT2D eigenvalue weighted by Gasteiger charge is -2.19. The van der Waals surface area contributed by atoms with Crippen LogP contribution >= 0.6 is 0 Å². The highest BCUT2D eigenvalue weighted by molar-refractivity contribution is 5.06. The van der Waals surface area contributed by atoms with Gasteiger partial charge in [-0.05, 0) is 62.3 Å². The predicted octanol–water partition coefficient (Wildman–Crippen LogP) is 3.53. The van der Waals surface area contributed by atoms with Crippen molar-refractivity contribution in [2.45, 2.75) is 64.7 Å². The van der Waals surface area contributed by atoms with Crippen molar-refractivity contribution in [2.75, 3.05) is 6.54 Å². The summed E-state index contributed by atoms with van der Waals surface area (Å²) in [7, 11) is 0. The highest BCUT2D eigenvalue weighted by Crippen LogP contribution is 2.52. The van der Waals surface area contributed by atoms with Gasteiger partial charge in [-0.2, -0.15) is 4.98 Å². The number of nitrogens with two attached hydrogens (primary N) is 1. The van der Waals surface area contributed by atoms with E-state index >= 15 is 0 Å². The van der Waals surface area contributed by atoms with E-state index in [0.717, 1.165) is 49.4 Å². The quantitative estimate of drug-likeness (QED) is 0.834. The first-order valence-electron chi connectivity index (χ1n) is 8.70. The largest absolute Gasteiger partial charge is 0.339 e. The molecule has 2 saturated carbocycles. The minimum Gasteiger partial charge on any atom is -0.339 e. The predicted molar refractivity (Wildman–Crippen MR) is 82.8 cm³/mol. The summed E-state index contributed by atoms with van der Waals surface area (Å²) in [5.41, 5.74) is 5.71. The second-order valence-corrected chi connectivity index (χ2v) is 7.45. The van der Waals surface area contributed by atoms with Crippen LogP contribution in [0, 0.1) is 23.7 Å². The van der Waals surface area contributed by atoms with Crippen molar-refractivity contribution in [1.29, 1.82) is 0 Å². The smallest absolute Gasteiger partial charge is 0.226 e. The van der Waals surface area contributed by atoms with Crippen LogP contribution in [0.5, 0.6) is 0 Å². The molecule has 4 atom stereocenters. The third-order valence-corrected chi connectivity index (χ3v) is 5.76. The summed E-state index contributed by atoms with van der Waals surface area (Å²) in [6.45, 7) is 5.31. The van der Waals surface area contributed by atoms with Gasteiger partial charge in [-0.1, -0.05) is 25.4 Å². The van der Waals surface area contributed by atoms with Gasteiger partial charge in [-0.25, -0.2) is 0 Å². The molecule has 118 valence electrons. The van der Waals surface area contributed by atoms with Crippen molar-refractivity contribution in [3.63, 3.8) is 0 Å². The summed E-state index contributed by atoms with van der Waals surface area (Å²) >= 11 is 0. The second-order valence-electron chi connectivity index (χ2n) is 7.45. The first-order valence-corrected chi connectivity index (χ1v) is 8.70. The summed E-state index contributed by atoms with van der Waals surface area (Å²) in [6.07, 6.45) is 8.55. The van der Waals surface area contributed by atoms with Crippen LogP contribution in [0.4, 0.5) is 0 Å². The van der Waals surface area contributed by atoms with Crippen LogP contribution in [-0.2, 0) is 6.42 Å². The van der Waals surface area contributed by atoms with E-state index < -0.39 is 0 Å². The summed E-state index contributed by atoms with van der Waals surface area (Å²) in [5, 5.41) is 4.27. The summed E-state index contributed by atoms with van der Waals surface area (Å²) in [5.74, 6) is 5.46. The van der Waals surface area contributed by atoms with Crippen LogP contribution in [0.25, 0.3) is 0 Å². The normalized spacial score (nSPS) is 29.4. The average molecular weight is 291 g/mol. The van der Waals surface area contributed by atoms with Crippen LogP contribution in [0.1, 0.15) is 70.0 Å². The lowest BCUT2D eigenvalue weighted by Crippen LogP contribution is -2.15. The fourth-order valence-corrected chi connectivity index (χ4v) is 4.42. The van der Waals surface area contributed by atoms with Gasteiger partial charge < -0.3 is 10.3 Å². The van der Waals surface area contributed by atoms with Gasteiger partial charge in [0.25, 0.3) is 0 Å². The molecule has 2 fully saturated rings. The molecule has 0 spiro atoms. The maximum atomic E-state index is 5.71. The summed E-state index contributed by atoms with van der Waals surface area (Å²) in [4.78, 5) is 4.69. The average Bonchev–Trinajstić information content (AvgIpc) is 3.18. The molecular weight excluding hydrogens is 262 g/mol. The van der Waals surface area contributed by atoms with E-state index in [2.05, 4.69) is 19.0 Å². The van der Waals surface area contributed by atoms with Crippen LogP contribution in [0.2, 0.25) is 0 Å². The van der Waals surface area contributed by atoms with E-state index in [1.807, 2.05) is 0 Å². The fourth-order valence-electron chi connectivity index (χ4n) is 4.42. The molecule has 0 aromatic carbocycles. The van der Waals surface area contributed by atoms with Gasteiger partial charge in [0.2, 0.25) is 5.89 Å². The molecule has 0 amide bonds. The Balaban J connectivity index is 1.55. The molecule has 1 aromatic heterocycles. The molecule has 4 nitrogen and oxygen atoms in total. The minimum atomic E-state index is 0.575. The molecule has 1 heterocycles. The number of aromatic nitrogens is 2. The molecule has 0 aliphatic heterocycles. The van der Waals surface area contributed by atoms with E-state index in [1.165, 1.54) is 25.7 Å². The van der Waals surface area contributed by atoms with Crippen LogP contribution in [0.3, 0.4) is 0 Å². The fraction of sp³-hybridized carbons (Fsp3) is 0.882. The molecule has 0 saturated heterocycles. The highest BCUT2D eigenvalue weighted by atomic mass is 16.5. The zero-order valence-corrected chi connectivity index (χ0v) is 13.4. The number of hydrogen-bond acceptors (Lipinski definition) is 4. The molecule has 4 unspecified atom stereocenters. The third-order valence-electron chi connectivity index (χ3n) is 5.76. The highest BCUT2D eigenvalue weighted by Gasteiger charge is 2.42. The van der Waals surface area contributed by atoms with E-state index in [-0.39, 0.29) is 0 Å². The van der Waals surface area contributed by atoms with Crippen LogP contribution in [0.15, 0.2) is 4.52 Å². The Morgan fingerprint density at radius 1 is 1.24 bits per heavy atom. The van der Waals surface area contributed by atoms with Gasteiger partial charge in [0.1, 0.15) is 0 Å². The molecular formula is C17H29N3O. The Kier molecular flexibility index (Phi) is 4.63. The molecule has 3 rings (SSSR count). The summed E-state index contributed by atoms with van der Waals surface area (Å²) < 4.78 is 5.50. The monoisotopic (exact) mass is 291 g/mol. The topological polar surface area (TPSA) is 64.9 Å². The maximum absolute atomic E-state index is 5.71. The molecule has 2 aliphatic rings. The Morgan fingerprint density at radius 2 is 2.10 bits per heavy atom. The van der Waals surface area contributed by atoms with Gasteiger partial charge in [0, 0.05) is 12.3 Å². The number of hydrogen-bond donors (Lipinski definition) is 1. The van der Waals surface area contributed by atoms with Gasteiger partial charge in [-0.3, -0.25) is 0 Å². The van der Waals surface area contributed by atoms with Crippen molar-refractivity contribution < 1.29 is 4.52 Å². The van der Waals surface area contributed by atoms with Gasteiger partial charge in [0.15, 0.2) is 5.82 Å². The zero-order chi connectivity index (χ0) is 14.8. The first-order chi connectivity index (χ1) is 10.2. The Hall–Kier alpha value is -0.900. The van der Waals surface area contributed by atoms with Crippen molar-refractivity contribution in [3.8, 4) is 0 Å². The van der Waals surface area contributed by atoms with Crippen molar-refractivity contribution in [2.24, 2.45) is 29.4 Å². The zero-order valence-electron chi connectivity index (χ0n) is 13.4. The van der Waals surface area contributed by atoms with Crippen molar-refractivity contribution in [3.05, 3.63) is 11.7 Å². The molecule has 21 heavy (non-hydrogen) atoms. The second kappa shape index (κ2) is 6.47. The van der Waals surface area contributed by atoms with E-state index in [1.54, 1.807) is 0 Å².